The van der Waals surface area contributed by atoms with Gasteiger partial charge in [-0.15, -0.1) is 11.3 Å². The predicted molar refractivity (Wildman–Crippen MR) is 107 cm³/mol. The molecule has 1 aromatic heterocycles. The molecule has 3 aliphatic heterocycles. The van der Waals surface area contributed by atoms with Gasteiger partial charge in [0.2, 0.25) is 0 Å². The molecule has 4 heterocycles. The molecule has 32 heavy (non-hydrogen) atoms. The van der Waals surface area contributed by atoms with Crippen LogP contribution in [0.3, 0.4) is 0 Å². The minimum Gasteiger partial charge on any atom is -0.543 e. The molecule has 0 spiro atoms. The first-order chi connectivity index (χ1) is 14.8. The summed E-state index contributed by atoms with van der Waals surface area (Å²) in [6.45, 7) is 0.458. The number of carboxylic acids is 1. The quantitative estimate of drug-likeness (QED) is 0.170. The number of nitrogens with one attached hydrogen (secondary N) is 1. The number of amides is 2. The molecule has 2 fully saturated rings. The van der Waals surface area contributed by atoms with E-state index in [9.17, 15) is 23.7 Å². The summed E-state index contributed by atoms with van der Waals surface area (Å²) in [5.74, 6) is -3.15. The van der Waals surface area contributed by atoms with E-state index in [0.717, 1.165) is 22.7 Å². The van der Waals surface area contributed by atoms with E-state index in [1.54, 1.807) is 0 Å². The van der Waals surface area contributed by atoms with Crippen molar-refractivity contribution >= 4 is 50.8 Å². The zero-order valence-electron chi connectivity index (χ0n) is 17.2. The molecule has 0 radical (unpaired) electrons. The number of ether oxygens (including phenoxy) is 1. The number of anilines is 1. The maximum absolute atomic E-state index is 12.9. The van der Waals surface area contributed by atoms with Gasteiger partial charge >= 0.3 is 29.6 Å². The number of carbonyl (C=O) groups is 3. The van der Waals surface area contributed by atoms with Gasteiger partial charge in [-0.2, -0.15) is 0 Å². The fourth-order valence-corrected chi connectivity index (χ4v) is 6.07. The van der Waals surface area contributed by atoms with E-state index in [0.29, 0.717) is 13.0 Å². The smallest absolute Gasteiger partial charge is 0.543 e. The second-order valence-corrected chi connectivity index (χ2v) is 9.35. The molecule has 0 unspecified atom stereocenters. The summed E-state index contributed by atoms with van der Waals surface area (Å²) in [7, 11) is -0.424. The second kappa shape index (κ2) is 9.97. The average molecular weight is 491 g/mol. The Balaban J connectivity index is 0.00000289. The Morgan fingerprint density at radius 1 is 1.50 bits per heavy atom. The van der Waals surface area contributed by atoms with Crippen LogP contribution >= 0.6 is 11.3 Å². The summed E-state index contributed by atoms with van der Waals surface area (Å²) in [6, 6.07) is -1.20. The van der Waals surface area contributed by atoms with Gasteiger partial charge in [0.1, 0.15) is 24.2 Å². The minimum absolute atomic E-state index is 0. The van der Waals surface area contributed by atoms with Crippen LogP contribution in [-0.2, 0) is 34.8 Å². The van der Waals surface area contributed by atoms with Crippen LogP contribution in [0, 0.1) is 0 Å². The van der Waals surface area contributed by atoms with Crippen molar-refractivity contribution in [2.75, 3.05) is 25.2 Å². The topological polar surface area (TPSA) is 176 Å². The molecule has 0 aliphatic carbocycles. The molecule has 2 amide bonds. The number of carboxylic acid groups (broad SMARTS) is 1. The summed E-state index contributed by atoms with van der Waals surface area (Å²) in [5, 5.41) is 18.6. The molecule has 0 saturated carbocycles. The zero-order chi connectivity index (χ0) is 22.3. The minimum atomic E-state index is -1.66. The molecule has 0 bridgehead atoms. The third-order valence-corrected chi connectivity index (χ3v) is 7.41. The number of thiazole rings is 1. The molecule has 2 saturated heterocycles. The largest absolute Gasteiger partial charge is 1.00 e. The fourth-order valence-electron chi connectivity index (χ4n) is 3.79. The standard InChI is InChI=1S/C17H19N5O7S2.Na/c1-28-21-10(8-5-30-17(18)19-8)13(23)20-11-14(24)22-12(16(25)26)7(6-31(27)15(11)22)9-3-2-4-29-9;/h5,9,11,15H,2-4,6H2,1H3,(H2,18,19)(H,20,23)(H,25,26);/q;+1/p-1/b21-10-;/t9-,11+,15+,31-;/m0./s1. The van der Waals surface area contributed by atoms with Crippen molar-refractivity contribution in [3.05, 3.63) is 22.3 Å². The van der Waals surface area contributed by atoms with Gasteiger partial charge in [-0.05, 0) is 18.4 Å². The molecule has 4 rings (SSSR count). The summed E-state index contributed by atoms with van der Waals surface area (Å²) in [5.41, 5.74) is 5.46. The van der Waals surface area contributed by atoms with Crippen LogP contribution in [-0.4, -0.2) is 74.6 Å². The maximum Gasteiger partial charge on any atom is 1.00 e. The molecule has 12 nitrogen and oxygen atoms in total. The number of aliphatic carboxylic acids is 1. The van der Waals surface area contributed by atoms with E-state index in [1.807, 2.05) is 0 Å². The second-order valence-electron chi connectivity index (χ2n) is 6.93. The molecular formula is C17H18N5NaO7S2. The van der Waals surface area contributed by atoms with Gasteiger partial charge in [0.15, 0.2) is 10.8 Å². The number of nitrogens with two attached hydrogens (primary N) is 1. The van der Waals surface area contributed by atoms with Crippen molar-refractivity contribution < 1.29 is 62.8 Å². The Kier molecular flexibility index (Phi) is 7.73. The third-order valence-electron chi connectivity index (χ3n) is 5.12. The zero-order valence-corrected chi connectivity index (χ0v) is 20.9. The molecule has 4 atom stereocenters. The Hall–Kier alpha value is -1.84. The number of hydrogen-bond acceptors (Lipinski definition) is 11. The number of nitrogen functional groups attached to an aromatic ring is 1. The van der Waals surface area contributed by atoms with Gasteiger partial charge in [0, 0.05) is 12.0 Å². The molecular weight excluding hydrogens is 473 g/mol. The number of aromatic nitrogens is 1. The number of nitrogens with zero attached hydrogens (tertiary/aromatic N) is 3. The van der Waals surface area contributed by atoms with Crippen LogP contribution in [0.25, 0.3) is 0 Å². The number of carbonyl (C=O) groups excluding carboxylic acids is 3. The van der Waals surface area contributed by atoms with E-state index < -0.39 is 46.1 Å². The van der Waals surface area contributed by atoms with Crippen LogP contribution in [0.4, 0.5) is 5.13 Å². The Bertz CT molecular complexity index is 1040. The Morgan fingerprint density at radius 3 is 2.81 bits per heavy atom. The van der Waals surface area contributed by atoms with Crippen LogP contribution in [0.1, 0.15) is 18.5 Å². The fraction of sp³-hybridized carbons (Fsp3) is 0.471. The van der Waals surface area contributed by atoms with E-state index in [2.05, 4.69) is 20.3 Å². The first kappa shape index (κ1) is 24.8. The van der Waals surface area contributed by atoms with Crippen LogP contribution in [0.5, 0.6) is 0 Å². The van der Waals surface area contributed by atoms with Crippen LogP contribution in [0.2, 0.25) is 0 Å². The Labute approximate surface area is 210 Å². The van der Waals surface area contributed by atoms with Gasteiger partial charge in [-0.3, -0.25) is 18.7 Å². The van der Waals surface area contributed by atoms with Crippen LogP contribution < -0.4 is 45.7 Å². The summed E-state index contributed by atoms with van der Waals surface area (Å²) in [6.07, 6.45) is 0.791. The van der Waals surface area contributed by atoms with E-state index >= 15 is 0 Å². The van der Waals surface area contributed by atoms with Crippen LogP contribution in [0.15, 0.2) is 21.8 Å². The van der Waals surface area contributed by atoms with Gasteiger partial charge in [-0.25, -0.2) is 4.98 Å². The summed E-state index contributed by atoms with van der Waals surface area (Å²) < 4.78 is 18.4. The number of rotatable bonds is 6. The molecule has 166 valence electrons. The molecule has 15 heteroatoms. The van der Waals surface area contributed by atoms with Crippen molar-refractivity contribution in [1.82, 2.24) is 15.2 Å². The van der Waals surface area contributed by atoms with Gasteiger partial charge in [0.25, 0.3) is 11.8 Å². The molecule has 1 aromatic rings. The van der Waals surface area contributed by atoms with Gasteiger partial charge in [-0.1, -0.05) is 5.16 Å². The number of hydrogen-bond donors (Lipinski definition) is 2. The first-order valence-corrected chi connectivity index (χ1v) is 11.5. The van der Waals surface area contributed by atoms with Crippen molar-refractivity contribution in [2.45, 2.75) is 30.4 Å². The van der Waals surface area contributed by atoms with E-state index in [4.69, 9.17) is 10.5 Å². The number of fused-ring (bicyclic) bond motifs is 1. The van der Waals surface area contributed by atoms with Crippen molar-refractivity contribution in [2.24, 2.45) is 5.16 Å². The molecule has 3 N–H and O–H groups in total. The number of oxime groups is 1. The average Bonchev–Trinajstić information content (AvgIpc) is 3.41. The van der Waals surface area contributed by atoms with Crippen molar-refractivity contribution in [1.29, 1.82) is 0 Å². The maximum atomic E-state index is 12.9. The first-order valence-electron chi connectivity index (χ1n) is 9.23. The SMILES string of the molecule is CO/N=C(\C(=O)N[C@@H]1C(=O)N2C(C(=O)[O-])=C([C@@H]3CCCO3)C[S@](=O)[C@H]12)c1csc(N)n1.[Na+]. The monoisotopic (exact) mass is 491 g/mol. The van der Waals surface area contributed by atoms with Gasteiger partial charge in [0.05, 0.1) is 34.3 Å². The third kappa shape index (κ3) is 4.34. The molecule has 3 aliphatic rings. The molecule has 0 aromatic carbocycles. The van der Waals surface area contributed by atoms with E-state index in [1.165, 1.54) is 12.5 Å². The van der Waals surface area contributed by atoms with Crippen molar-refractivity contribution in [3.63, 3.8) is 0 Å². The summed E-state index contributed by atoms with van der Waals surface area (Å²) in [4.78, 5) is 46.9. The number of β-lactam (4-membered cyclic amide) rings is 1. The Morgan fingerprint density at radius 2 is 2.25 bits per heavy atom. The normalized spacial score (nSPS) is 27.3. The van der Waals surface area contributed by atoms with Crippen molar-refractivity contribution in [3.8, 4) is 0 Å². The van der Waals surface area contributed by atoms with Gasteiger partial charge < -0.3 is 30.5 Å². The predicted octanol–water partition coefficient (Wildman–Crippen LogP) is -5.32. The van der Waals surface area contributed by atoms with E-state index in [-0.39, 0.29) is 63.1 Å². The summed E-state index contributed by atoms with van der Waals surface area (Å²) >= 11 is 1.09.